The molecule has 0 atom stereocenters. The van der Waals surface area contributed by atoms with Crippen LogP contribution >= 0.6 is 0 Å². The zero-order chi connectivity index (χ0) is 15.4. The summed E-state index contributed by atoms with van der Waals surface area (Å²) in [6, 6.07) is 2.47. The second-order valence-corrected chi connectivity index (χ2v) is 6.05. The summed E-state index contributed by atoms with van der Waals surface area (Å²) in [6.45, 7) is 15.5. The third-order valence-corrected chi connectivity index (χ3v) is 3.72. The van der Waals surface area contributed by atoms with E-state index >= 15 is 0 Å². The van der Waals surface area contributed by atoms with Crippen LogP contribution in [0.15, 0.2) is 12.3 Å². The predicted octanol–water partition coefficient (Wildman–Crippen LogP) is 3.26. The predicted molar refractivity (Wildman–Crippen MR) is 82.8 cm³/mol. The first kappa shape index (κ1) is 16.7. The molecule has 0 radical (unpaired) electrons. The number of carbonyl (C=O) groups excluding carboxylic acids is 1. The number of aryl methyl sites for hydroxylation is 2. The molecule has 1 amide bonds. The minimum Gasteiger partial charge on any atom is -0.334 e. The summed E-state index contributed by atoms with van der Waals surface area (Å²) < 4.78 is 2.18. The number of pyridine rings is 1. The molecule has 0 spiro atoms. The van der Waals surface area contributed by atoms with Gasteiger partial charge in [-0.15, -0.1) is 0 Å². The highest BCUT2D eigenvalue weighted by Gasteiger charge is 2.27. The van der Waals surface area contributed by atoms with Crippen LogP contribution in [-0.4, -0.2) is 22.9 Å². The summed E-state index contributed by atoms with van der Waals surface area (Å²) in [4.78, 5) is 14.9. The van der Waals surface area contributed by atoms with Crippen LogP contribution in [0.25, 0.3) is 0 Å². The van der Waals surface area contributed by atoms with Gasteiger partial charge in [0.2, 0.25) is 0 Å². The topological polar surface area (TPSA) is 24.2 Å². The van der Waals surface area contributed by atoms with Crippen molar-refractivity contribution in [2.75, 3.05) is 0 Å². The molecular weight excluding hydrogens is 248 g/mol. The van der Waals surface area contributed by atoms with Crippen molar-refractivity contribution in [1.29, 1.82) is 0 Å². The van der Waals surface area contributed by atoms with E-state index in [0.29, 0.717) is 0 Å². The molecule has 0 aromatic carbocycles. The Morgan fingerprint density at radius 2 is 1.75 bits per heavy atom. The number of rotatable bonds is 5. The monoisotopic (exact) mass is 277 g/mol. The molecule has 0 saturated heterocycles. The average Bonchev–Trinajstić information content (AvgIpc) is 2.32. The van der Waals surface area contributed by atoms with Crippen molar-refractivity contribution in [2.45, 2.75) is 73.5 Å². The Balaban J connectivity index is 3.30. The number of aromatic nitrogens is 1. The smallest absolute Gasteiger partial charge is 0.260 e. The van der Waals surface area contributed by atoms with E-state index in [1.165, 1.54) is 0 Å². The maximum atomic E-state index is 12.9. The molecule has 1 aromatic rings. The molecule has 112 valence electrons. The Hall–Kier alpha value is -1.38. The molecule has 1 heterocycles. The van der Waals surface area contributed by atoms with Gasteiger partial charge in [0.25, 0.3) is 5.91 Å². The highest BCUT2D eigenvalue weighted by atomic mass is 16.2. The summed E-state index contributed by atoms with van der Waals surface area (Å²) in [5, 5.41) is 0. The van der Waals surface area contributed by atoms with Gasteiger partial charge < -0.3 is 4.90 Å². The standard InChI is InChI=1S/C17H29N2O/c1-8-10-18-11-9-14(6)16(15(18)7)17(20)19(12(2)3)13(4)5/h9,11-13H,8,10H2,1-7H3/q+1. The molecule has 20 heavy (non-hydrogen) atoms. The minimum absolute atomic E-state index is 0.149. The molecule has 0 N–H and O–H groups in total. The molecule has 1 rings (SSSR count). The lowest BCUT2D eigenvalue weighted by atomic mass is 10.0. The molecule has 0 bridgehead atoms. The van der Waals surface area contributed by atoms with Crippen molar-refractivity contribution < 1.29 is 9.36 Å². The summed E-state index contributed by atoms with van der Waals surface area (Å²) >= 11 is 0. The van der Waals surface area contributed by atoms with E-state index in [0.717, 1.165) is 29.8 Å². The maximum absolute atomic E-state index is 12.9. The van der Waals surface area contributed by atoms with Crippen LogP contribution in [-0.2, 0) is 6.54 Å². The Morgan fingerprint density at radius 1 is 1.20 bits per heavy atom. The third kappa shape index (κ3) is 3.38. The van der Waals surface area contributed by atoms with Crippen LogP contribution in [0.2, 0.25) is 0 Å². The van der Waals surface area contributed by atoms with Crippen molar-refractivity contribution >= 4 is 5.91 Å². The molecule has 0 aliphatic carbocycles. The highest BCUT2D eigenvalue weighted by molar-refractivity contribution is 5.96. The lowest BCUT2D eigenvalue weighted by Gasteiger charge is -2.31. The van der Waals surface area contributed by atoms with E-state index < -0.39 is 0 Å². The van der Waals surface area contributed by atoms with Gasteiger partial charge in [-0.3, -0.25) is 4.79 Å². The van der Waals surface area contributed by atoms with E-state index in [-0.39, 0.29) is 18.0 Å². The van der Waals surface area contributed by atoms with Crippen molar-refractivity contribution in [3.63, 3.8) is 0 Å². The Bertz CT molecular complexity index is 470. The molecule has 0 saturated carbocycles. The number of carbonyl (C=O) groups is 1. The molecule has 1 aromatic heterocycles. The zero-order valence-corrected chi connectivity index (χ0v) is 14.0. The van der Waals surface area contributed by atoms with Gasteiger partial charge in [0.15, 0.2) is 11.9 Å². The van der Waals surface area contributed by atoms with E-state index in [1.807, 2.05) is 11.8 Å². The molecule has 0 aliphatic heterocycles. The molecule has 0 aliphatic rings. The van der Waals surface area contributed by atoms with Crippen LogP contribution in [0.4, 0.5) is 0 Å². The Kier molecular flexibility index (Phi) is 5.73. The Labute approximate surface area is 123 Å². The minimum atomic E-state index is 0.149. The number of nitrogens with zero attached hydrogens (tertiary/aromatic N) is 2. The van der Waals surface area contributed by atoms with Gasteiger partial charge >= 0.3 is 0 Å². The first-order chi connectivity index (χ1) is 9.31. The molecule has 3 nitrogen and oxygen atoms in total. The summed E-state index contributed by atoms with van der Waals surface area (Å²) in [6.07, 6.45) is 3.15. The van der Waals surface area contributed by atoms with Gasteiger partial charge in [0, 0.05) is 31.5 Å². The van der Waals surface area contributed by atoms with Crippen molar-refractivity contribution in [2.24, 2.45) is 0 Å². The number of amides is 1. The highest BCUT2D eigenvalue weighted by Crippen LogP contribution is 2.17. The van der Waals surface area contributed by atoms with Crippen molar-refractivity contribution in [1.82, 2.24) is 4.90 Å². The summed E-state index contributed by atoms with van der Waals surface area (Å²) in [5.41, 5.74) is 3.00. The van der Waals surface area contributed by atoms with Gasteiger partial charge in [-0.1, -0.05) is 6.92 Å². The lowest BCUT2D eigenvalue weighted by Crippen LogP contribution is -2.45. The lowest BCUT2D eigenvalue weighted by molar-refractivity contribution is -0.702. The molecule has 0 unspecified atom stereocenters. The fourth-order valence-electron chi connectivity index (χ4n) is 2.83. The largest absolute Gasteiger partial charge is 0.334 e. The van der Waals surface area contributed by atoms with E-state index in [2.05, 4.69) is 58.4 Å². The van der Waals surface area contributed by atoms with Gasteiger partial charge in [-0.2, -0.15) is 0 Å². The Morgan fingerprint density at radius 3 is 2.20 bits per heavy atom. The normalized spacial score (nSPS) is 11.2. The number of hydrogen-bond acceptors (Lipinski definition) is 1. The molecule has 0 fully saturated rings. The summed E-state index contributed by atoms with van der Waals surface area (Å²) in [7, 11) is 0. The van der Waals surface area contributed by atoms with Crippen LogP contribution in [0.1, 0.15) is 62.7 Å². The van der Waals surface area contributed by atoms with Gasteiger partial charge in [-0.05, 0) is 40.2 Å². The van der Waals surface area contributed by atoms with Crippen LogP contribution in [0.5, 0.6) is 0 Å². The maximum Gasteiger partial charge on any atom is 0.260 e. The fourth-order valence-corrected chi connectivity index (χ4v) is 2.83. The quantitative estimate of drug-likeness (QED) is 0.758. The first-order valence-corrected chi connectivity index (χ1v) is 7.63. The van der Waals surface area contributed by atoms with Gasteiger partial charge in [-0.25, -0.2) is 4.57 Å². The SMILES string of the molecule is CCC[n+]1ccc(C)c(C(=O)N(C(C)C)C(C)C)c1C. The number of hydrogen-bond donors (Lipinski definition) is 0. The second kappa shape index (κ2) is 6.87. The fraction of sp³-hybridized carbons (Fsp3) is 0.647. The van der Waals surface area contributed by atoms with E-state index in [1.54, 1.807) is 0 Å². The zero-order valence-electron chi connectivity index (χ0n) is 14.0. The van der Waals surface area contributed by atoms with Crippen molar-refractivity contribution in [3.8, 4) is 0 Å². The van der Waals surface area contributed by atoms with E-state index in [4.69, 9.17) is 0 Å². The average molecular weight is 277 g/mol. The first-order valence-electron chi connectivity index (χ1n) is 7.63. The molecular formula is C17H29N2O+. The van der Waals surface area contributed by atoms with Crippen LogP contribution in [0, 0.1) is 13.8 Å². The molecule has 3 heteroatoms. The summed E-state index contributed by atoms with van der Waals surface area (Å²) in [5.74, 6) is 0.149. The van der Waals surface area contributed by atoms with Crippen LogP contribution < -0.4 is 4.57 Å². The van der Waals surface area contributed by atoms with Crippen molar-refractivity contribution in [3.05, 3.63) is 29.1 Å². The van der Waals surface area contributed by atoms with E-state index in [9.17, 15) is 4.79 Å². The van der Waals surface area contributed by atoms with Crippen LogP contribution in [0.3, 0.4) is 0 Å². The van der Waals surface area contributed by atoms with Gasteiger partial charge in [0.1, 0.15) is 12.1 Å². The van der Waals surface area contributed by atoms with Gasteiger partial charge in [0.05, 0.1) is 0 Å². The third-order valence-electron chi connectivity index (χ3n) is 3.72. The second-order valence-electron chi connectivity index (χ2n) is 6.05.